The maximum absolute atomic E-state index is 12.4. The third-order valence-electron chi connectivity index (χ3n) is 10.8. The van der Waals surface area contributed by atoms with E-state index in [-0.39, 0.29) is 10.5 Å². The number of fused-ring (bicyclic) bond motifs is 5. The molecule has 5 unspecified atom stereocenters. The molecule has 0 bridgehead atoms. The van der Waals surface area contributed by atoms with Crippen LogP contribution in [0.4, 0.5) is 0 Å². The Morgan fingerprint density at radius 3 is 2.40 bits per heavy atom. The van der Waals surface area contributed by atoms with Gasteiger partial charge in [0.25, 0.3) is 0 Å². The summed E-state index contributed by atoms with van der Waals surface area (Å²) in [6.45, 7) is 18.7. The van der Waals surface area contributed by atoms with E-state index in [9.17, 15) is 4.79 Å². The molecule has 0 aromatic carbocycles. The first-order valence-electron chi connectivity index (χ1n) is 12.7. The molecule has 0 saturated heterocycles. The van der Waals surface area contributed by atoms with Crippen LogP contribution in [0.1, 0.15) is 92.9 Å². The molecule has 0 aromatic rings. The van der Waals surface area contributed by atoms with Gasteiger partial charge in [-0.3, -0.25) is 4.79 Å². The monoisotopic (exact) mass is 430 g/mol. The Bertz CT molecular complexity index is 732. The number of carbonyl (C=O) groups excluding carboxylic acids is 1. The molecule has 3 heteroatoms. The molecule has 3 fully saturated rings. The van der Waals surface area contributed by atoms with E-state index in [0.717, 1.165) is 30.6 Å². The average Bonchev–Trinajstić information content (AvgIpc) is 2.98. The SMILES string of the molecule is CC(=O)C1CCC2C3CC=C4CC(O[Si](C)(C)C(C)(C)C)CC[C@]4(C)C3CC[C@]12C. The third-order valence-corrected chi connectivity index (χ3v) is 15.4. The Labute approximate surface area is 186 Å². The van der Waals surface area contributed by atoms with Crippen molar-refractivity contribution in [2.24, 2.45) is 34.5 Å². The second-order valence-corrected chi connectivity index (χ2v) is 18.0. The maximum Gasteiger partial charge on any atom is 0.192 e. The highest BCUT2D eigenvalue weighted by atomic mass is 28.4. The molecule has 4 rings (SSSR count). The molecule has 0 amide bonds. The van der Waals surface area contributed by atoms with Crippen molar-refractivity contribution < 1.29 is 9.22 Å². The summed E-state index contributed by atoms with van der Waals surface area (Å²) in [5, 5.41) is 0.281. The highest BCUT2D eigenvalue weighted by molar-refractivity contribution is 6.74. The van der Waals surface area contributed by atoms with Gasteiger partial charge in [0, 0.05) is 12.0 Å². The topological polar surface area (TPSA) is 26.3 Å². The van der Waals surface area contributed by atoms with Crippen molar-refractivity contribution >= 4 is 14.1 Å². The van der Waals surface area contributed by atoms with E-state index in [1.165, 1.54) is 38.5 Å². The van der Waals surface area contributed by atoms with Gasteiger partial charge < -0.3 is 4.43 Å². The number of Topliss-reactive ketones (excluding diaryl/α,β-unsaturated/α-hetero) is 1. The summed E-state index contributed by atoms with van der Waals surface area (Å²) in [6.07, 6.45) is 13.0. The van der Waals surface area contributed by atoms with Gasteiger partial charge in [0.05, 0.1) is 0 Å². The van der Waals surface area contributed by atoms with Crippen LogP contribution in [0.5, 0.6) is 0 Å². The van der Waals surface area contributed by atoms with E-state index < -0.39 is 8.32 Å². The zero-order chi connectivity index (χ0) is 22.1. The quantitative estimate of drug-likeness (QED) is 0.341. The van der Waals surface area contributed by atoms with Gasteiger partial charge in [0.1, 0.15) is 5.78 Å². The van der Waals surface area contributed by atoms with E-state index in [1.807, 2.05) is 6.92 Å². The zero-order valence-corrected chi connectivity index (χ0v) is 21.9. The lowest BCUT2D eigenvalue weighted by Gasteiger charge is -2.58. The molecule has 170 valence electrons. The number of rotatable bonds is 3. The summed E-state index contributed by atoms with van der Waals surface area (Å²) >= 11 is 0. The number of allylic oxidation sites excluding steroid dienone is 1. The fraction of sp³-hybridized carbons (Fsp3) is 0.889. The van der Waals surface area contributed by atoms with Crippen LogP contribution in [-0.2, 0) is 9.22 Å². The third kappa shape index (κ3) is 3.41. The van der Waals surface area contributed by atoms with Gasteiger partial charge >= 0.3 is 0 Å². The molecule has 4 aliphatic carbocycles. The molecule has 0 radical (unpaired) electrons. The van der Waals surface area contributed by atoms with Gasteiger partial charge in [-0.2, -0.15) is 0 Å². The van der Waals surface area contributed by atoms with Crippen molar-refractivity contribution in [1.29, 1.82) is 0 Å². The van der Waals surface area contributed by atoms with Crippen LogP contribution in [0.2, 0.25) is 18.1 Å². The summed E-state index contributed by atoms with van der Waals surface area (Å²) in [5.74, 6) is 3.12. The van der Waals surface area contributed by atoms with Crippen molar-refractivity contribution in [3.8, 4) is 0 Å². The maximum atomic E-state index is 12.4. The van der Waals surface area contributed by atoms with E-state index in [4.69, 9.17) is 4.43 Å². The first-order valence-corrected chi connectivity index (χ1v) is 15.6. The minimum Gasteiger partial charge on any atom is -0.414 e. The smallest absolute Gasteiger partial charge is 0.192 e. The lowest BCUT2D eigenvalue weighted by Crippen LogP contribution is -2.52. The van der Waals surface area contributed by atoms with Crippen LogP contribution < -0.4 is 0 Å². The second-order valence-electron chi connectivity index (χ2n) is 13.3. The van der Waals surface area contributed by atoms with Crippen LogP contribution in [0.15, 0.2) is 11.6 Å². The Balaban J connectivity index is 1.53. The van der Waals surface area contributed by atoms with Gasteiger partial charge in [-0.05, 0) is 105 Å². The lowest BCUT2D eigenvalue weighted by molar-refractivity contribution is -0.127. The molecule has 0 heterocycles. The number of hydrogen-bond donors (Lipinski definition) is 0. The minimum absolute atomic E-state index is 0.261. The molecule has 4 aliphatic rings. The Hall–Kier alpha value is -0.413. The fourth-order valence-corrected chi connectivity index (χ4v) is 9.38. The molecule has 0 aliphatic heterocycles. The predicted octanol–water partition coefficient (Wildman–Crippen LogP) is 7.54. The van der Waals surface area contributed by atoms with Crippen molar-refractivity contribution in [2.75, 3.05) is 0 Å². The largest absolute Gasteiger partial charge is 0.414 e. The summed E-state index contributed by atoms with van der Waals surface area (Å²) in [6, 6.07) is 0. The number of ketones is 1. The van der Waals surface area contributed by atoms with E-state index in [0.29, 0.717) is 23.2 Å². The van der Waals surface area contributed by atoms with E-state index in [1.54, 1.807) is 5.57 Å². The number of hydrogen-bond acceptors (Lipinski definition) is 2. The van der Waals surface area contributed by atoms with Crippen molar-refractivity contribution in [2.45, 2.75) is 117 Å². The van der Waals surface area contributed by atoms with Gasteiger partial charge in [0.2, 0.25) is 0 Å². The van der Waals surface area contributed by atoms with Crippen LogP contribution in [0.3, 0.4) is 0 Å². The van der Waals surface area contributed by atoms with Crippen molar-refractivity contribution in [3.63, 3.8) is 0 Å². The first kappa shape index (κ1) is 22.8. The Morgan fingerprint density at radius 2 is 1.77 bits per heavy atom. The molecule has 3 saturated carbocycles. The minimum atomic E-state index is -1.71. The Morgan fingerprint density at radius 1 is 1.07 bits per heavy atom. The van der Waals surface area contributed by atoms with Crippen LogP contribution in [0, 0.1) is 34.5 Å². The molecule has 7 atom stereocenters. The highest BCUT2D eigenvalue weighted by Gasteiger charge is 2.59. The highest BCUT2D eigenvalue weighted by Crippen LogP contribution is 2.66. The second kappa shape index (κ2) is 7.30. The summed E-state index contributed by atoms with van der Waals surface area (Å²) in [5.41, 5.74) is 2.34. The van der Waals surface area contributed by atoms with Crippen molar-refractivity contribution in [1.82, 2.24) is 0 Å². The molecule has 0 N–H and O–H groups in total. The van der Waals surface area contributed by atoms with Crippen LogP contribution in [-0.4, -0.2) is 20.2 Å². The summed E-state index contributed by atoms with van der Waals surface area (Å²) < 4.78 is 6.86. The fourth-order valence-electron chi connectivity index (χ4n) is 7.99. The van der Waals surface area contributed by atoms with Gasteiger partial charge in [0.15, 0.2) is 8.32 Å². The predicted molar refractivity (Wildman–Crippen MR) is 128 cm³/mol. The molecule has 2 nitrogen and oxygen atoms in total. The number of carbonyl (C=O) groups is 1. The van der Waals surface area contributed by atoms with E-state index in [2.05, 4.69) is 53.8 Å². The molecule has 0 spiro atoms. The average molecular weight is 431 g/mol. The van der Waals surface area contributed by atoms with Crippen molar-refractivity contribution in [3.05, 3.63) is 11.6 Å². The summed E-state index contributed by atoms with van der Waals surface area (Å²) in [4.78, 5) is 12.4. The normalized spacial score (nSPS) is 44.0. The van der Waals surface area contributed by atoms with Gasteiger partial charge in [-0.1, -0.05) is 46.3 Å². The van der Waals surface area contributed by atoms with Crippen LogP contribution in [0.25, 0.3) is 0 Å². The zero-order valence-electron chi connectivity index (χ0n) is 20.9. The Kier molecular flexibility index (Phi) is 5.54. The molecule has 0 aromatic heterocycles. The molecule has 30 heavy (non-hydrogen) atoms. The van der Waals surface area contributed by atoms with Gasteiger partial charge in [-0.15, -0.1) is 0 Å². The standard InChI is InChI=1S/C27H46O2Si/c1-18(28)22-11-12-23-21-10-9-19-17-20(29-30(7,8)25(2,3)4)13-15-26(19,5)24(21)14-16-27(22,23)6/h9,20-24H,10-17H2,1-8H3/t20?,21?,22?,23?,24?,26-,27+/m0/s1. The first-order chi connectivity index (χ1) is 13.8. The molecular weight excluding hydrogens is 384 g/mol. The van der Waals surface area contributed by atoms with E-state index >= 15 is 0 Å². The molecular formula is C27H46O2Si. The lowest BCUT2D eigenvalue weighted by atomic mass is 9.47. The van der Waals surface area contributed by atoms with Crippen LogP contribution >= 0.6 is 0 Å². The summed E-state index contributed by atoms with van der Waals surface area (Å²) in [7, 11) is -1.71. The van der Waals surface area contributed by atoms with Gasteiger partial charge in [-0.25, -0.2) is 0 Å².